The van der Waals surface area contributed by atoms with E-state index >= 15 is 0 Å². The van der Waals surface area contributed by atoms with Crippen LogP contribution in [-0.4, -0.2) is 56.7 Å². The van der Waals surface area contributed by atoms with Gasteiger partial charge in [-0.25, -0.2) is 0 Å². The maximum absolute atomic E-state index is 12.5. The van der Waals surface area contributed by atoms with E-state index in [0.717, 1.165) is 17.7 Å². The molecule has 1 aliphatic rings. The molecule has 0 radical (unpaired) electrons. The number of rotatable bonds is 8. The van der Waals surface area contributed by atoms with Crippen molar-refractivity contribution in [3.63, 3.8) is 0 Å². The van der Waals surface area contributed by atoms with Gasteiger partial charge in [0.1, 0.15) is 5.75 Å². The number of likely N-dealkylation sites (tertiary alicyclic amines) is 1. The van der Waals surface area contributed by atoms with Crippen molar-refractivity contribution in [1.29, 1.82) is 0 Å². The van der Waals surface area contributed by atoms with Crippen LogP contribution in [0.25, 0.3) is 0 Å². The molecule has 0 saturated carbocycles. The zero-order valence-electron chi connectivity index (χ0n) is 17.6. The molecule has 0 bridgehead atoms. The van der Waals surface area contributed by atoms with Crippen molar-refractivity contribution in [2.24, 2.45) is 5.92 Å². The zero-order chi connectivity index (χ0) is 20.6. The third kappa shape index (κ3) is 6.51. The summed E-state index contributed by atoms with van der Waals surface area (Å²) in [5, 5.41) is 2.95. The molecule has 1 N–H and O–H groups in total. The molecule has 2 amide bonds. The summed E-state index contributed by atoms with van der Waals surface area (Å²) in [5.41, 5.74) is 1.04. The molecule has 0 aliphatic carbocycles. The molecule has 1 aromatic rings. The first-order chi connectivity index (χ1) is 13.3. The molecule has 0 atom stereocenters. The summed E-state index contributed by atoms with van der Waals surface area (Å²) < 4.78 is 10.8. The van der Waals surface area contributed by atoms with Crippen LogP contribution in [0, 0.1) is 5.92 Å². The van der Waals surface area contributed by atoms with Crippen molar-refractivity contribution < 1.29 is 19.1 Å². The highest BCUT2D eigenvalue weighted by atomic mass is 16.5. The highest BCUT2D eigenvalue weighted by molar-refractivity contribution is 5.80. The molecule has 156 valence electrons. The number of methoxy groups -OCH3 is 1. The lowest BCUT2D eigenvalue weighted by Crippen LogP contribution is -2.44. The fourth-order valence-corrected chi connectivity index (χ4v) is 3.41. The minimum Gasteiger partial charge on any atom is -0.483 e. The maximum atomic E-state index is 12.5. The molecule has 1 aliphatic heterocycles. The Hall–Kier alpha value is -2.08. The Morgan fingerprint density at radius 1 is 1.18 bits per heavy atom. The summed E-state index contributed by atoms with van der Waals surface area (Å²) in [6.07, 6.45) is 2.20. The van der Waals surface area contributed by atoms with Crippen molar-refractivity contribution in [3.05, 3.63) is 29.8 Å². The Bertz CT molecular complexity index is 646. The Balaban J connectivity index is 1.78. The molecule has 6 nitrogen and oxygen atoms in total. The fraction of sp³-hybridized carbons (Fsp3) is 0.636. The Morgan fingerprint density at radius 3 is 2.50 bits per heavy atom. The first-order valence-electron chi connectivity index (χ1n) is 10.1. The fourth-order valence-electron chi connectivity index (χ4n) is 3.41. The van der Waals surface area contributed by atoms with E-state index in [1.165, 1.54) is 0 Å². The molecule has 2 rings (SSSR count). The number of ether oxygens (including phenoxy) is 2. The van der Waals surface area contributed by atoms with E-state index in [0.29, 0.717) is 39.1 Å². The normalized spacial score (nSPS) is 15.4. The number of hydrogen-bond donors (Lipinski definition) is 1. The Kier molecular flexibility index (Phi) is 8.30. The molecule has 1 heterocycles. The van der Waals surface area contributed by atoms with Gasteiger partial charge in [0.05, 0.1) is 0 Å². The summed E-state index contributed by atoms with van der Waals surface area (Å²) in [4.78, 5) is 26.5. The third-order valence-electron chi connectivity index (χ3n) is 5.09. The minimum atomic E-state index is -0.0470. The molecular formula is C22H34N2O4. The first-order valence-corrected chi connectivity index (χ1v) is 10.1. The van der Waals surface area contributed by atoms with E-state index < -0.39 is 0 Å². The molecule has 0 spiro atoms. The van der Waals surface area contributed by atoms with Gasteiger partial charge in [0, 0.05) is 39.3 Å². The van der Waals surface area contributed by atoms with E-state index in [-0.39, 0.29) is 29.8 Å². The predicted octanol–water partition coefficient (Wildman–Crippen LogP) is 2.75. The molecule has 1 saturated heterocycles. The number of amides is 2. The Labute approximate surface area is 168 Å². The smallest absolute Gasteiger partial charge is 0.260 e. The lowest BCUT2D eigenvalue weighted by Gasteiger charge is -2.31. The van der Waals surface area contributed by atoms with Gasteiger partial charge in [-0.3, -0.25) is 9.59 Å². The van der Waals surface area contributed by atoms with Crippen molar-refractivity contribution in [1.82, 2.24) is 10.2 Å². The number of benzene rings is 1. The standard InChI is InChI=1S/C22H34N2O4/c1-22(2,3)18-8-5-6-9-19(18)28-16-20(25)24-13-10-17(11-14-24)21(26)23-12-7-15-27-4/h5-6,8-9,17H,7,10-16H2,1-4H3,(H,23,26). The monoisotopic (exact) mass is 390 g/mol. The largest absolute Gasteiger partial charge is 0.483 e. The quantitative estimate of drug-likeness (QED) is 0.693. The number of nitrogens with zero attached hydrogens (tertiary/aromatic N) is 1. The van der Waals surface area contributed by atoms with Crippen LogP contribution in [0.5, 0.6) is 5.75 Å². The number of para-hydroxylation sites is 1. The number of piperidine rings is 1. The van der Waals surface area contributed by atoms with Gasteiger partial charge in [-0.1, -0.05) is 39.0 Å². The van der Waals surface area contributed by atoms with E-state index in [1.54, 1.807) is 12.0 Å². The lowest BCUT2D eigenvalue weighted by atomic mass is 9.86. The van der Waals surface area contributed by atoms with Crippen molar-refractivity contribution in [3.8, 4) is 5.75 Å². The second-order valence-electron chi connectivity index (χ2n) is 8.33. The maximum Gasteiger partial charge on any atom is 0.260 e. The number of nitrogens with one attached hydrogen (secondary N) is 1. The molecule has 28 heavy (non-hydrogen) atoms. The molecule has 0 aromatic heterocycles. The molecule has 1 aromatic carbocycles. The van der Waals surface area contributed by atoms with Gasteiger partial charge in [0.25, 0.3) is 5.91 Å². The van der Waals surface area contributed by atoms with Crippen molar-refractivity contribution >= 4 is 11.8 Å². The second-order valence-corrected chi connectivity index (χ2v) is 8.33. The number of hydrogen-bond acceptors (Lipinski definition) is 4. The van der Waals surface area contributed by atoms with E-state index in [1.807, 2.05) is 24.3 Å². The molecule has 0 unspecified atom stereocenters. The summed E-state index contributed by atoms with van der Waals surface area (Å²) in [7, 11) is 1.65. The van der Waals surface area contributed by atoms with Crippen LogP contribution in [0.4, 0.5) is 0 Å². The van der Waals surface area contributed by atoms with Gasteiger partial charge in [0.15, 0.2) is 6.61 Å². The van der Waals surface area contributed by atoms with Gasteiger partial charge in [-0.05, 0) is 36.3 Å². The predicted molar refractivity (Wildman–Crippen MR) is 109 cm³/mol. The summed E-state index contributed by atoms with van der Waals surface area (Å²) >= 11 is 0. The number of carbonyl (C=O) groups is 2. The van der Waals surface area contributed by atoms with Crippen LogP contribution < -0.4 is 10.1 Å². The van der Waals surface area contributed by atoms with Gasteiger partial charge in [0.2, 0.25) is 5.91 Å². The molecule has 1 fully saturated rings. The average molecular weight is 391 g/mol. The van der Waals surface area contributed by atoms with Gasteiger partial charge in [-0.15, -0.1) is 0 Å². The highest BCUT2D eigenvalue weighted by Crippen LogP contribution is 2.31. The first kappa shape index (κ1) is 22.2. The van der Waals surface area contributed by atoms with Crippen LogP contribution in [0.1, 0.15) is 45.6 Å². The van der Waals surface area contributed by atoms with Gasteiger partial charge < -0.3 is 19.7 Å². The minimum absolute atomic E-state index is 0.0193. The van der Waals surface area contributed by atoms with Gasteiger partial charge >= 0.3 is 0 Å². The summed E-state index contributed by atoms with van der Waals surface area (Å²) in [6.45, 7) is 8.88. The van der Waals surface area contributed by atoms with Crippen molar-refractivity contribution in [2.45, 2.75) is 45.4 Å². The topological polar surface area (TPSA) is 67.9 Å². The Morgan fingerprint density at radius 2 is 1.86 bits per heavy atom. The van der Waals surface area contributed by atoms with Crippen LogP contribution in [-0.2, 0) is 19.7 Å². The van der Waals surface area contributed by atoms with E-state index in [2.05, 4.69) is 26.1 Å². The zero-order valence-corrected chi connectivity index (χ0v) is 17.6. The summed E-state index contributed by atoms with van der Waals surface area (Å²) in [6, 6.07) is 7.86. The van der Waals surface area contributed by atoms with Gasteiger partial charge in [-0.2, -0.15) is 0 Å². The lowest BCUT2D eigenvalue weighted by molar-refractivity contribution is -0.137. The second kappa shape index (κ2) is 10.5. The van der Waals surface area contributed by atoms with Crippen LogP contribution in [0.2, 0.25) is 0 Å². The van der Waals surface area contributed by atoms with Crippen molar-refractivity contribution in [2.75, 3.05) is 40.0 Å². The van der Waals surface area contributed by atoms with Crippen LogP contribution >= 0.6 is 0 Å². The van der Waals surface area contributed by atoms with Crippen LogP contribution in [0.3, 0.4) is 0 Å². The van der Waals surface area contributed by atoms with Crippen LogP contribution in [0.15, 0.2) is 24.3 Å². The third-order valence-corrected chi connectivity index (χ3v) is 5.09. The summed E-state index contributed by atoms with van der Waals surface area (Å²) in [5.74, 6) is 0.795. The molecular weight excluding hydrogens is 356 g/mol. The van der Waals surface area contributed by atoms with E-state index in [9.17, 15) is 9.59 Å². The number of carbonyl (C=O) groups excluding carboxylic acids is 2. The highest BCUT2D eigenvalue weighted by Gasteiger charge is 2.27. The molecule has 6 heteroatoms. The average Bonchev–Trinajstić information content (AvgIpc) is 2.69. The SMILES string of the molecule is COCCCNC(=O)C1CCN(C(=O)COc2ccccc2C(C)(C)C)CC1. The van der Waals surface area contributed by atoms with E-state index in [4.69, 9.17) is 9.47 Å².